The van der Waals surface area contributed by atoms with Gasteiger partial charge in [0.25, 0.3) is 0 Å². The Hall–Kier alpha value is -1.35. The summed E-state index contributed by atoms with van der Waals surface area (Å²) in [7, 11) is 0. The lowest BCUT2D eigenvalue weighted by atomic mass is 10.00. The van der Waals surface area contributed by atoms with E-state index in [1.807, 2.05) is 12.1 Å². The molecule has 3 rings (SSSR count). The Bertz CT molecular complexity index is 474. The quantitative estimate of drug-likeness (QED) is 0.795. The van der Waals surface area contributed by atoms with Crippen molar-refractivity contribution in [2.24, 2.45) is 11.8 Å². The fourth-order valence-corrected chi connectivity index (χ4v) is 2.85. The van der Waals surface area contributed by atoms with E-state index < -0.39 is 11.9 Å². The number of rotatable bonds is 8. The van der Waals surface area contributed by atoms with Gasteiger partial charge in [-0.3, -0.25) is 9.69 Å². The molecular formula is C18H25NO2. The predicted octanol–water partition coefficient (Wildman–Crippen LogP) is 3.50. The molecule has 0 amide bonds. The van der Waals surface area contributed by atoms with Crippen LogP contribution in [0.15, 0.2) is 24.3 Å². The first-order chi connectivity index (χ1) is 10.1. The third kappa shape index (κ3) is 4.31. The number of benzene rings is 1. The standard InChI is InChI=1S/C18H25NO2/c1-13(18(20)21)17-8-6-16(7-9-17)12-19(10-14-2-3-14)11-15-4-5-15/h6-9,13-15H,2-5,10-12H2,1H3,(H,20,21). The van der Waals surface area contributed by atoms with Gasteiger partial charge in [0.05, 0.1) is 5.92 Å². The highest BCUT2D eigenvalue weighted by Gasteiger charge is 2.29. The van der Waals surface area contributed by atoms with Crippen molar-refractivity contribution in [3.05, 3.63) is 35.4 Å². The Balaban J connectivity index is 1.60. The molecule has 2 fully saturated rings. The molecule has 114 valence electrons. The molecule has 1 aromatic carbocycles. The van der Waals surface area contributed by atoms with Crippen LogP contribution in [0.2, 0.25) is 0 Å². The first-order valence-corrected chi connectivity index (χ1v) is 8.16. The first-order valence-electron chi connectivity index (χ1n) is 8.16. The van der Waals surface area contributed by atoms with Gasteiger partial charge >= 0.3 is 5.97 Å². The summed E-state index contributed by atoms with van der Waals surface area (Å²) < 4.78 is 0. The van der Waals surface area contributed by atoms with Crippen molar-refractivity contribution in [2.45, 2.75) is 45.1 Å². The normalized spacial score (nSPS) is 19.7. The van der Waals surface area contributed by atoms with E-state index in [0.717, 1.165) is 23.9 Å². The lowest BCUT2D eigenvalue weighted by Gasteiger charge is -2.22. The minimum absolute atomic E-state index is 0.423. The van der Waals surface area contributed by atoms with Crippen LogP contribution in [0.5, 0.6) is 0 Å². The molecule has 0 aliphatic heterocycles. The Morgan fingerprint density at radius 3 is 2.10 bits per heavy atom. The molecule has 1 aromatic rings. The average molecular weight is 287 g/mol. The SMILES string of the molecule is CC(C(=O)O)c1ccc(CN(CC2CC2)CC2CC2)cc1. The summed E-state index contributed by atoms with van der Waals surface area (Å²) in [6, 6.07) is 8.14. The highest BCUT2D eigenvalue weighted by Crippen LogP contribution is 2.34. The molecule has 1 N–H and O–H groups in total. The van der Waals surface area contributed by atoms with Gasteiger partial charge in [-0.05, 0) is 55.6 Å². The van der Waals surface area contributed by atoms with E-state index in [4.69, 9.17) is 5.11 Å². The molecule has 0 saturated heterocycles. The van der Waals surface area contributed by atoms with Crippen LogP contribution in [0.1, 0.15) is 49.7 Å². The van der Waals surface area contributed by atoms with E-state index >= 15 is 0 Å². The van der Waals surface area contributed by atoms with Gasteiger partial charge in [-0.15, -0.1) is 0 Å². The van der Waals surface area contributed by atoms with E-state index in [1.54, 1.807) is 6.92 Å². The Morgan fingerprint density at radius 1 is 1.14 bits per heavy atom. The number of nitrogens with zero attached hydrogens (tertiary/aromatic N) is 1. The van der Waals surface area contributed by atoms with Gasteiger partial charge < -0.3 is 5.11 Å². The maximum absolute atomic E-state index is 11.0. The maximum Gasteiger partial charge on any atom is 0.310 e. The summed E-state index contributed by atoms with van der Waals surface area (Å²) in [5.74, 6) is 0.671. The van der Waals surface area contributed by atoms with Crippen molar-refractivity contribution in [1.82, 2.24) is 4.90 Å². The van der Waals surface area contributed by atoms with Crippen molar-refractivity contribution in [3.8, 4) is 0 Å². The van der Waals surface area contributed by atoms with Gasteiger partial charge in [-0.1, -0.05) is 24.3 Å². The van der Waals surface area contributed by atoms with Gasteiger partial charge in [0.15, 0.2) is 0 Å². The van der Waals surface area contributed by atoms with Crippen molar-refractivity contribution >= 4 is 5.97 Å². The van der Waals surface area contributed by atoms with E-state index in [9.17, 15) is 4.79 Å². The number of hydrogen-bond donors (Lipinski definition) is 1. The zero-order chi connectivity index (χ0) is 14.8. The second-order valence-electron chi connectivity index (χ2n) is 6.88. The molecule has 0 bridgehead atoms. The van der Waals surface area contributed by atoms with E-state index in [-0.39, 0.29) is 0 Å². The highest BCUT2D eigenvalue weighted by atomic mass is 16.4. The molecule has 1 unspecified atom stereocenters. The first kappa shape index (κ1) is 14.6. The molecule has 3 nitrogen and oxygen atoms in total. The Labute approximate surface area is 127 Å². The Kier molecular flexibility index (Phi) is 4.29. The molecule has 2 aliphatic carbocycles. The van der Waals surface area contributed by atoms with Crippen LogP contribution in [0, 0.1) is 11.8 Å². The second kappa shape index (κ2) is 6.18. The lowest BCUT2D eigenvalue weighted by molar-refractivity contribution is -0.138. The van der Waals surface area contributed by atoms with Crippen LogP contribution in [-0.2, 0) is 11.3 Å². The van der Waals surface area contributed by atoms with Crippen molar-refractivity contribution in [1.29, 1.82) is 0 Å². The van der Waals surface area contributed by atoms with Gasteiger partial charge in [-0.25, -0.2) is 0 Å². The highest BCUT2D eigenvalue weighted by molar-refractivity contribution is 5.75. The summed E-state index contributed by atoms with van der Waals surface area (Å²) in [5, 5.41) is 9.05. The van der Waals surface area contributed by atoms with Crippen LogP contribution in [0.3, 0.4) is 0 Å². The summed E-state index contributed by atoms with van der Waals surface area (Å²) in [6.07, 6.45) is 5.60. The predicted molar refractivity (Wildman–Crippen MR) is 83.2 cm³/mol. The lowest BCUT2D eigenvalue weighted by Crippen LogP contribution is -2.27. The molecule has 0 spiro atoms. The van der Waals surface area contributed by atoms with Crippen LogP contribution in [0.4, 0.5) is 0 Å². The molecule has 0 heterocycles. The molecule has 0 radical (unpaired) electrons. The second-order valence-corrected chi connectivity index (χ2v) is 6.88. The molecular weight excluding hydrogens is 262 g/mol. The summed E-state index contributed by atoms with van der Waals surface area (Å²) in [6.45, 7) is 5.23. The molecule has 3 heteroatoms. The average Bonchev–Trinajstić information content (AvgIpc) is 3.35. The van der Waals surface area contributed by atoms with Gasteiger partial charge in [0.1, 0.15) is 0 Å². The topological polar surface area (TPSA) is 40.5 Å². The maximum atomic E-state index is 11.0. The van der Waals surface area contributed by atoms with Crippen molar-refractivity contribution < 1.29 is 9.90 Å². The number of carboxylic acid groups (broad SMARTS) is 1. The van der Waals surface area contributed by atoms with Crippen molar-refractivity contribution in [2.75, 3.05) is 13.1 Å². The molecule has 2 aliphatic rings. The van der Waals surface area contributed by atoms with Gasteiger partial charge in [0, 0.05) is 19.6 Å². The third-order valence-corrected chi connectivity index (χ3v) is 4.68. The van der Waals surface area contributed by atoms with E-state index in [2.05, 4.69) is 17.0 Å². The minimum atomic E-state index is -0.758. The molecule has 0 aromatic heterocycles. The van der Waals surface area contributed by atoms with E-state index in [0.29, 0.717) is 0 Å². The fourth-order valence-electron chi connectivity index (χ4n) is 2.85. The number of hydrogen-bond acceptors (Lipinski definition) is 2. The monoisotopic (exact) mass is 287 g/mol. The van der Waals surface area contributed by atoms with Gasteiger partial charge in [0.2, 0.25) is 0 Å². The number of carbonyl (C=O) groups is 1. The minimum Gasteiger partial charge on any atom is -0.481 e. The fraction of sp³-hybridized carbons (Fsp3) is 0.611. The largest absolute Gasteiger partial charge is 0.481 e. The smallest absolute Gasteiger partial charge is 0.310 e. The van der Waals surface area contributed by atoms with Crippen LogP contribution < -0.4 is 0 Å². The third-order valence-electron chi connectivity index (χ3n) is 4.68. The number of carboxylic acids is 1. The van der Waals surface area contributed by atoms with E-state index in [1.165, 1.54) is 44.3 Å². The number of aliphatic carboxylic acids is 1. The summed E-state index contributed by atoms with van der Waals surface area (Å²) >= 11 is 0. The molecule has 21 heavy (non-hydrogen) atoms. The van der Waals surface area contributed by atoms with Gasteiger partial charge in [-0.2, -0.15) is 0 Å². The summed E-state index contributed by atoms with van der Waals surface area (Å²) in [4.78, 5) is 13.6. The van der Waals surface area contributed by atoms with Crippen LogP contribution in [-0.4, -0.2) is 29.1 Å². The summed E-state index contributed by atoms with van der Waals surface area (Å²) in [5.41, 5.74) is 2.19. The van der Waals surface area contributed by atoms with Crippen molar-refractivity contribution in [3.63, 3.8) is 0 Å². The molecule has 2 saturated carbocycles. The Morgan fingerprint density at radius 2 is 1.67 bits per heavy atom. The zero-order valence-corrected chi connectivity index (χ0v) is 12.8. The molecule has 1 atom stereocenters. The van der Waals surface area contributed by atoms with Crippen LogP contribution in [0.25, 0.3) is 0 Å². The zero-order valence-electron chi connectivity index (χ0n) is 12.8. The van der Waals surface area contributed by atoms with Crippen LogP contribution >= 0.6 is 0 Å².